The minimum atomic E-state index is -0.385. The number of nitrogens with zero attached hydrogens (tertiary/aromatic N) is 2. The third-order valence-electron chi connectivity index (χ3n) is 3.39. The number of non-ortho nitro benzene ring substituents is 1. The molecule has 2 aromatic rings. The van der Waals surface area contributed by atoms with E-state index in [-0.39, 0.29) is 16.0 Å². The molecule has 0 aliphatic rings. The minimum absolute atomic E-state index is 0.0967. The second-order valence-corrected chi connectivity index (χ2v) is 5.97. The monoisotopic (exact) mass is 322 g/mol. The topological polar surface area (TPSA) is 48.1 Å². The number of rotatable bonds is 3. The Balaban J connectivity index is 2.49. The quantitative estimate of drug-likeness (QED) is 0.633. The Morgan fingerprint density at radius 3 is 2.47 bits per heavy atom. The van der Waals surface area contributed by atoms with Crippen LogP contribution in [0.5, 0.6) is 0 Å². The predicted molar refractivity (Wildman–Crippen MR) is 78.3 cm³/mol. The van der Waals surface area contributed by atoms with E-state index in [2.05, 4.69) is 42.0 Å². The van der Waals surface area contributed by atoms with Crippen LogP contribution in [0.3, 0.4) is 0 Å². The van der Waals surface area contributed by atoms with E-state index in [1.807, 2.05) is 23.9 Å². The molecule has 0 N–H and O–H groups in total. The first-order chi connectivity index (χ1) is 8.82. The largest absolute Gasteiger partial charge is 0.357 e. The maximum atomic E-state index is 10.8. The number of aromatic nitrogens is 1. The van der Waals surface area contributed by atoms with Crippen LogP contribution in [0.2, 0.25) is 0 Å². The van der Waals surface area contributed by atoms with Gasteiger partial charge in [0.15, 0.2) is 0 Å². The van der Waals surface area contributed by atoms with E-state index in [0.717, 1.165) is 10.0 Å². The zero-order valence-electron chi connectivity index (χ0n) is 11.1. The number of nitro benzene ring substituents is 1. The highest BCUT2D eigenvalue weighted by atomic mass is 79.9. The van der Waals surface area contributed by atoms with Gasteiger partial charge in [-0.1, -0.05) is 35.8 Å². The average Bonchev–Trinajstić information content (AvgIpc) is 2.76. The molecule has 0 fully saturated rings. The normalized spacial score (nSPS) is 11.6. The van der Waals surface area contributed by atoms with E-state index < -0.39 is 0 Å². The Kier molecular flexibility index (Phi) is 3.49. The summed E-state index contributed by atoms with van der Waals surface area (Å²) in [4.78, 5) is 10.4. The van der Waals surface area contributed by atoms with Crippen molar-refractivity contribution in [3.8, 4) is 0 Å². The van der Waals surface area contributed by atoms with Gasteiger partial charge in [-0.05, 0) is 17.2 Å². The molecule has 0 aliphatic carbocycles. The molecule has 0 saturated carbocycles. The fraction of sp³-hybridized carbons (Fsp3) is 0.286. The van der Waals surface area contributed by atoms with Crippen molar-refractivity contribution in [3.05, 3.63) is 62.4 Å². The van der Waals surface area contributed by atoms with Crippen molar-refractivity contribution < 1.29 is 4.92 Å². The number of hydrogen-bond donors (Lipinski definition) is 0. The maximum Gasteiger partial charge on any atom is 0.270 e. The molecule has 0 saturated heterocycles. The van der Waals surface area contributed by atoms with Crippen LogP contribution in [0.1, 0.15) is 25.0 Å². The molecule has 4 nitrogen and oxygen atoms in total. The molecule has 1 heterocycles. The molecule has 5 heteroatoms. The van der Waals surface area contributed by atoms with Crippen molar-refractivity contribution in [3.63, 3.8) is 0 Å². The fourth-order valence-electron chi connectivity index (χ4n) is 2.15. The van der Waals surface area contributed by atoms with Crippen molar-refractivity contribution in [2.24, 2.45) is 7.05 Å². The second kappa shape index (κ2) is 4.81. The van der Waals surface area contributed by atoms with Crippen LogP contribution in [0.4, 0.5) is 5.69 Å². The van der Waals surface area contributed by atoms with E-state index in [0.29, 0.717) is 0 Å². The van der Waals surface area contributed by atoms with Gasteiger partial charge in [0.1, 0.15) is 0 Å². The van der Waals surface area contributed by atoms with Gasteiger partial charge in [-0.15, -0.1) is 0 Å². The van der Waals surface area contributed by atoms with E-state index in [1.54, 1.807) is 12.1 Å². The molecule has 0 aliphatic heterocycles. The zero-order chi connectivity index (χ0) is 14.2. The summed E-state index contributed by atoms with van der Waals surface area (Å²) in [5.41, 5.74) is 2.09. The van der Waals surface area contributed by atoms with Crippen LogP contribution in [0.25, 0.3) is 0 Å². The molecule has 0 atom stereocenters. The zero-order valence-corrected chi connectivity index (χ0v) is 12.6. The van der Waals surface area contributed by atoms with Gasteiger partial charge >= 0.3 is 0 Å². The first-order valence-corrected chi connectivity index (χ1v) is 6.68. The number of benzene rings is 1. The lowest BCUT2D eigenvalue weighted by Crippen LogP contribution is -2.19. The average molecular weight is 323 g/mol. The van der Waals surface area contributed by atoms with Gasteiger partial charge in [-0.2, -0.15) is 0 Å². The van der Waals surface area contributed by atoms with Gasteiger partial charge in [0.2, 0.25) is 0 Å². The SMILES string of the molecule is Cn1ccc(C(C)(C)c2ccc([N+](=O)[O-])cc2Br)c1. The summed E-state index contributed by atoms with van der Waals surface area (Å²) in [6.45, 7) is 4.21. The molecule has 1 aromatic carbocycles. The summed E-state index contributed by atoms with van der Waals surface area (Å²) in [5, 5.41) is 10.8. The summed E-state index contributed by atoms with van der Waals surface area (Å²) < 4.78 is 2.76. The van der Waals surface area contributed by atoms with Crippen molar-refractivity contribution in [2.75, 3.05) is 0 Å². The van der Waals surface area contributed by atoms with Gasteiger partial charge in [0, 0.05) is 41.5 Å². The van der Waals surface area contributed by atoms with E-state index in [4.69, 9.17) is 0 Å². The van der Waals surface area contributed by atoms with Crippen molar-refractivity contribution in [2.45, 2.75) is 19.3 Å². The van der Waals surface area contributed by atoms with Crippen LogP contribution in [-0.2, 0) is 12.5 Å². The number of aryl methyl sites for hydroxylation is 1. The lowest BCUT2D eigenvalue weighted by atomic mass is 9.79. The summed E-state index contributed by atoms with van der Waals surface area (Å²) in [6.07, 6.45) is 4.06. The third-order valence-corrected chi connectivity index (χ3v) is 4.05. The van der Waals surface area contributed by atoms with Crippen molar-refractivity contribution in [1.29, 1.82) is 0 Å². The Bertz CT molecular complexity index is 632. The second-order valence-electron chi connectivity index (χ2n) is 5.11. The molecule has 19 heavy (non-hydrogen) atoms. The maximum absolute atomic E-state index is 10.8. The highest BCUT2D eigenvalue weighted by Gasteiger charge is 2.27. The Labute approximate surface area is 120 Å². The van der Waals surface area contributed by atoms with E-state index in [1.165, 1.54) is 5.56 Å². The van der Waals surface area contributed by atoms with Gasteiger partial charge in [-0.25, -0.2) is 0 Å². The summed E-state index contributed by atoms with van der Waals surface area (Å²) in [6, 6.07) is 6.98. The first-order valence-electron chi connectivity index (χ1n) is 5.89. The molecular weight excluding hydrogens is 308 g/mol. The van der Waals surface area contributed by atoms with E-state index >= 15 is 0 Å². The van der Waals surface area contributed by atoms with Gasteiger partial charge < -0.3 is 4.57 Å². The van der Waals surface area contributed by atoms with Crippen LogP contribution < -0.4 is 0 Å². The van der Waals surface area contributed by atoms with Gasteiger partial charge in [0.25, 0.3) is 5.69 Å². The Hall–Kier alpha value is -1.62. The standard InChI is InChI=1S/C14H15BrN2O2/c1-14(2,10-6-7-16(3)9-10)12-5-4-11(17(18)19)8-13(12)15/h4-9H,1-3H3. The van der Waals surface area contributed by atoms with Crippen LogP contribution in [0.15, 0.2) is 41.1 Å². The predicted octanol–water partition coefficient (Wildman–Crippen LogP) is 4.02. The highest BCUT2D eigenvalue weighted by Crippen LogP contribution is 2.37. The molecule has 0 radical (unpaired) electrons. The summed E-state index contributed by atoms with van der Waals surface area (Å²) >= 11 is 3.44. The lowest BCUT2D eigenvalue weighted by molar-refractivity contribution is -0.384. The molecule has 0 amide bonds. The molecule has 2 rings (SSSR count). The van der Waals surface area contributed by atoms with Crippen molar-refractivity contribution in [1.82, 2.24) is 4.57 Å². The van der Waals surface area contributed by atoms with Gasteiger partial charge in [-0.3, -0.25) is 10.1 Å². The van der Waals surface area contributed by atoms with Crippen molar-refractivity contribution >= 4 is 21.6 Å². The summed E-state index contributed by atoms with van der Waals surface area (Å²) in [5.74, 6) is 0. The molecular formula is C14H15BrN2O2. The molecule has 0 unspecified atom stereocenters. The number of hydrogen-bond acceptors (Lipinski definition) is 2. The molecule has 0 spiro atoms. The van der Waals surface area contributed by atoms with E-state index in [9.17, 15) is 10.1 Å². The first kappa shape index (κ1) is 13.8. The molecule has 1 aromatic heterocycles. The van der Waals surface area contributed by atoms with Crippen LogP contribution in [0, 0.1) is 10.1 Å². The fourth-order valence-corrected chi connectivity index (χ4v) is 3.02. The Morgan fingerprint density at radius 2 is 2.00 bits per heavy atom. The number of halogens is 1. The van der Waals surface area contributed by atoms with Crippen LogP contribution in [-0.4, -0.2) is 9.49 Å². The number of nitro groups is 1. The lowest BCUT2D eigenvalue weighted by Gasteiger charge is -2.25. The van der Waals surface area contributed by atoms with Crippen LogP contribution >= 0.6 is 15.9 Å². The summed E-state index contributed by atoms with van der Waals surface area (Å²) in [7, 11) is 1.98. The highest BCUT2D eigenvalue weighted by molar-refractivity contribution is 9.10. The smallest absolute Gasteiger partial charge is 0.270 e. The minimum Gasteiger partial charge on any atom is -0.357 e. The van der Waals surface area contributed by atoms with Gasteiger partial charge in [0.05, 0.1) is 4.92 Å². The third kappa shape index (κ3) is 2.56. The Morgan fingerprint density at radius 1 is 1.32 bits per heavy atom. The molecule has 0 bridgehead atoms. The molecule has 100 valence electrons.